The summed E-state index contributed by atoms with van der Waals surface area (Å²) in [6, 6.07) is 26.6. The number of hydrogen-bond donors (Lipinski definition) is 0. The van der Waals surface area contributed by atoms with Gasteiger partial charge >= 0.3 is 0 Å². The lowest BCUT2D eigenvalue weighted by Crippen LogP contribution is -1.91. The second kappa shape index (κ2) is 5.78. The monoisotopic (exact) mass is 380 g/mol. The second-order valence-electron chi connectivity index (χ2n) is 6.83. The first-order valence-corrected chi connectivity index (χ1v) is 9.42. The van der Waals surface area contributed by atoms with E-state index in [9.17, 15) is 0 Å². The maximum Gasteiger partial charge on any atom is 0.223 e. The van der Waals surface area contributed by atoms with Crippen LogP contribution in [0.1, 0.15) is 0 Å². The van der Waals surface area contributed by atoms with Crippen LogP contribution in [0.25, 0.3) is 54.9 Å². The predicted octanol–water partition coefficient (Wildman–Crippen LogP) is 7.00. The molecular weight excluding hydrogens is 368 g/mol. The predicted molar refractivity (Wildman–Crippen MR) is 115 cm³/mol. The fraction of sp³-hybridized carbons (Fsp3) is 0. The summed E-state index contributed by atoms with van der Waals surface area (Å²) in [5.41, 5.74) is 4.34. The first-order valence-electron chi connectivity index (χ1n) is 9.05. The summed E-state index contributed by atoms with van der Waals surface area (Å²) in [5.74, 6) is 0. The van der Waals surface area contributed by atoms with Gasteiger partial charge in [-0.25, -0.2) is 9.97 Å². The van der Waals surface area contributed by atoms with Crippen LogP contribution >= 0.6 is 11.6 Å². The number of halogens is 1. The third kappa shape index (κ3) is 2.23. The highest BCUT2D eigenvalue weighted by Crippen LogP contribution is 2.39. The van der Waals surface area contributed by atoms with Crippen molar-refractivity contribution in [3.63, 3.8) is 0 Å². The fourth-order valence-electron chi connectivity index (χ4n) is 3.96. The minimum Gasteiger partial charge on any atom is -0.456 e. The highest BCUT2D eigenvalue weighted by Gasteiger charge is 2.17. The molecule has 3 nitrogen and oxygen atoms in total. The molecule has 0 aliphatic heterocycles. The molecule has 2 aromatic heterocycles. The van der Waals surface area contributed by atoms with Crippen molar-refractivity contribution in [2.75, 3.05) is 0 Å². The smallest absolute Gasteiger partial charge is 0.223 e. The molecule has 0 bridgehead atoms. The number of nitrogens with zero attached hydrogens (tertiary/aromatic N) is 2. The summed E-state index contributed by atoms with van der Waals surface area (Å²) in [6.45, 7) is 0. The highest BCUT2D eigenvalue weighted by atomic mass is 35.5. The zero-order valence-corrected chi connectivity index (χ0v) is 15.4. The van der Waals surface area contributed by atoms with Crippen LogP contribution in [0.5, 0.6) is 0 Å². The van der Waals surface area contributed by atoms with Gasteiger partial charge in [0.2, 0.25) is 5.28 Å². The summed E-state index contributed by atoms with van der Waals surface area (Å²) in [7, 11) is 0. The molecule has 6 aromatic rings. The van der Waals surface area contributed by atoms with Crippen molar-refractivity contribution in [3.05, 3.63) is 84.1 Å². The number of fused-ring (bicyclic) bond motifs is 5. The van der Waals surface area contributed by atoms with Gasteiger partial charge in [0.15, 0.2) is 0 Å². The first kappa shape index (κ1) is 15.6. The molecule has 0 aliphatic carbocycles. The van der Waals surface area contributed by atoms with Crippen LogP contribution in [0.4, 0.5) is 0 Å². The summed E-state index contributed by atoms with van der Waals surface area (Å²) >= 11 is 6.25. The molecule has 0 saturated carbocycles. The Hall–Kier alpha value is -3.43. The molecule has 28 heavy (non-hydrogen) atoms. The summed E-state index contributed by atoms with van der Waals surface area (Å²) in [5, 5.41) is 5.66. The van der Waals surface area contributed by atoms with Gasteiger partial charge < -0.3 is 4.42 Å². The molecule has 0 N–H and O–H groups in total. The Bertz CT molecular complexity index is 1530. The molecular formula is C24H13ClN2O. The number of hydrogen-bond acceptors (Lipinski definition) is 3. The van der Waals surface area contributed by atoms with Crippen molar-refractivity contribution in [1.82, 2.24) is 9.97 Å². The van der Waals surface area contributed by atoms with Crippen molar-refractivity contribution in [2.24, 2.45) is 0 Å². The average Bonchev–Trinajstić information content (AvgIpc) is 3.09. The second-order valence-corrected chi connectivity index (χ2v) is 7.17. The van der Waals surface area contributed by atoms with E-state index in [1.54, 1.807) is 0 Å². The Kier molecular flexibility index (Phi) is 3.22. The lowest BCUT2D eigenvalue weighted by molar-refractivity contribution is 0.669. The third-order valence-electron chi connectivity index (χ3n) is 5.19. The Labute approximate surface area is 165 Å². The van der Waals surface area contributed by atoms with Gasteiger partial charge in [0, 0.05) is 21.7 Å². The van der Waals surface area contributed by atoms with Gasteiger partial charge in [-0.1, -0.05) is 54.6 Å². The van der Waals surface area contributed by atoms with Gasteiger partial charge in [0.25, 0.3) is 0 Å². The molecule has 132 valence electrons. The van der Waals surface area contributed by atoms with Crippen molar-refractivity contribution in [3.8, 4) is 11.3 Å². The maximum atomic E-state index is 6.25. The van der Waals surface area contributed by atoms with Crippen LogP contribution in [0, 0.1) is 0 Å². The SMILES string of the molecule is Clc1nc(-c2cccc3oc4cc5ccccc5cc4c23)c2ccccc2n1. The number of benzene rings is 4. The molecule has 0 unspecified atom stereocenters. The minimum atomic E-state index is 0.240. The molecule has 0 atom stereocenters. The van der Waals surface area contributed by atoms with Crippen molar-refractivity contribution < 1.29 is 4.42 Å². The zero-order valence-electron chi connectivity index (χ0n) is 14.7. The molecule has 0 spiro atoms. The molecule has 0 saturated heterocycles. The van der Waals surface area contributed by atoms with Gasteiger partial charge in [-0.05, 0) is 46.6 Å². The number of aromatic nitrogens is 2. The van der Waals surface area contributed by atoms with Crippen LogP contribution in [0.15, 0.2) is 83.3 Å². The summed E-state index contributed by atoms with van der Waals surface area (Å²) in [6.07, 6.45) is 0. The van der Waals surface area contributed by atoms with Crippen LogP contribution in [-0.4, -0.2) is 9.97 Å². The van der Waals surface area contributed by atoms with Crippen molar-refractivity contribution in [1.29, 1.82) is 0 Å². The topological polar surface area (TPSA) is 38.9 Å². The first-order chi connectivity index (χ1) is 13.8. The molecule has 0 fully saturated rings. The number of rotatable bonds is 1. The van der Waals surface area contributed by atoms with E-state index in [1.807, 2.05) is 42.5 Å². The van der Waals surface area contributed by atoms with E-state index in [1.165, 1.54) is 5.39 Å². The van der Waals surface area contributed by atoms with E-state index in [0.717, 1.165) is 49.5 Å². The molecule has 0 amide bonds. The van der Waals surface area contributed by atoms with Gasteiger partial charge in [-0.2, -0.15) is 0 Å². The summed E-state index contributed by atoms with van der Waals surface area (Å²) in [4.78, 5) is 8.95. The number of para-hydroxylation sites is 1. The number of furan rings is 1. The van der Waals surface area contributed by atoms with Crippen LogP contribution in [0.2, 0.25) is 5.28 Å². The standard InChI is InChI=1S/C24H13ClN2O/c25-24-26-19-10-4-3-8-16(19)23(27-24)17-9-5-11-20-22(17)18-12-14-6-1-2-7-15(14)13-21(18)28-20/h1-13H. The summed E-state index contributed by atoms with van der Waals surface area (Å²) < 4.78 is 6.19. The largest absolute Gasteiger partial charge is 0.456 e. The molecule has 2 heterocycles. The lowest BCUT2D eigenvalue weighted by atomic mass is 9.99. The van der Waals surface area contributed by atoms with Gasteiger partial charge in [0.05, 0.1) is 11.2 Å². The van der Waals surface area contributed by atoms with Crippen molar-refractivity contribution >= 4 is 55.2 Å². The highest BCUT2D eigenvalue weighted by molar-refractivity contribution is 6.29. The van der Waals surface area contributed by atoms with E-state index >= 15 is 0 Å². The fourth-order valence-corrected chi connectivity index (χ4v) is 4.14. The lowest BCUT2D eigenvalue weighted by Gasteiger charge is -2.08. The van der Waals surface area contributed by atoms with Crippen LogP contribution in [-0.2, 0) is 0 Å². The van der Waals surface area contributed by atoms with Crippen LogP contribution in [0.3, 0.4) is 0 Å². The zero-order chi connectivity index (χ0) is 18.7. The Balaban J connectivity index is 1.78. The quantitative estimate of drug-likeness (QED) is 0.288. The minimum absolute atomic E-state index is 0.240. The molecule has 4 heteroatoms. The molecule has 4 aromatic carbocycles. The molecule has 0 radical (unpaired) electrons. The maximum absolute atomic E-state index is 6.25. The van der Waals surface area contributed by atoms with E-state index in [2.05, 4.69) is 46.4 Å². The molecule has 6 rings (SSSR count). The normalized spacial score (nSPS) is 11.8. The van der Waals surface area contributed by atoms with Gasteiger partial charge in [0.1, 0.15) is 11.2 Å². The van der Waals surface area contributed by atoms with Gasteiger partial charge in [-0.3, -0.25) is 0 Å². The average molecular weight is 381 g/mol. The van der Waals surface area contributed by atoms with E-state index < -0.39 is 0 Å². The third-order valence-corrected chi connectivity index (χ3v) is 5.36. The van der Waals surface area contributed by atoms with Gasteiger partial charge in [-0.15, -0.1) is 0 Å². The molecule has 0 aliphatic rings. The Morgan fingerprint density at radius 1 is 0.679 bits per heavy atom. The Morgan fingerprint density at radius 3 is 2.36 bits per heavy atom. The Morgan fingerprint density at radius 2 is 1.46 bits per heavy atom. The van der Waals surface area contributed by atoms with Crippen molar-refractivity contribution in [2.45, 2.75) is 0 Å². The van der Waals surface area contributed by atoms with E-state index in [0.29, 0.717) is 0 Å². The van der Waals surface area contributed by atoms with Crippen LogP contribution < -0.4 is 0 Å². The van der Waals surface area contributed by atoms with E-state index in [4.69, 9.17) is 16.0 Å². The van der Waals surface area contributed by atoms with E-state index in [-0.39, 0.29) is 5.28 Å².